The van der Waals surface area contributed by atoms with E-state index in [9.17, 15) is 0 Å². The van der Waals surface area contributed by atoms with Gasteiger partial charge in [-0.3, -0.25) is 53.6 Å². The fourth-order valence-corrected chi connectivity index (χ4v) is 2.36. The molecule has 0 amide bonds. The molecule has 0 aliphatic heterocycles. The van der Waals surface area contributed by atoms with Gasteiger partial charge >= 0.3 is 75.2 Å². The van der Waals surface area contributed by atoms with Crippen molar-refractivity contribution in [2.24, 2.45) is 0 Å². The minimum atomic E-state index is -5.17. The van der Waals surface area contributed by atoms with Gasteiger partial charge in [0.15, 0.2) is 0 Å². The summed E-state index contributed by atoms with van der Waals surface area (Å²) in [6.45, 7) is 0. The van der Waals surface area contributed by atoms with E-state index < -0.39 is 41.6 Å². The summed E-state index contributed by atoms with van der Waals surface area (Å²) >= 11 is 0. The quantitative estimate of drug-likeness (QED) is 0.114. The van der Waals surface area contributed by atoms with Gasteiger partial charge in [-0.25, -0.2) is 48.5 Å². The molecule has 30 nitrogen and oxygen atoms in total. The monoisotopic (exact) mass is 1330 g/mol. The largest absolute Gasteiger partial charge is 3.00 e. The molecule has 8 N–H and O–H groups in total. The van der Waals surface area contributed by atoms with E-state index in [1.165, 1.54) is 0 Å². The van der Waals surface area contributed by atoms with Crippen LogP contribution in [0.4, 0.5) is 0 Å². The van der Waals surface area contributed by atoms with Gasteiger partial charge in [-0.05, 0) is 48.5 Å². The Morgan fingerprint density at radius 2 is 0.359 bits per heavy atom. The third kappa shape index (κ3) is 188. The molecule has 0 aliphatic carbocycles. The van der Waals surface area contributed by atoms with Crippen LogP contribution in [0.1, 0.15) is 5.71 Å². The van der Waals surface area contributed by atoms with Gasteiger partial charge < -0.3 is 89.2 Å². The zero-order valence-electron chi connectivity index (χ0n) is 42.9. The topological polar surface area (TPSA) is 607 Å². The van der Waals surface area contributed by atoms with Crippen LogP contribution in [0.15, 0.2) is 220 Å². The minimum absolute atomic E-state index is 0. The average Bonchev–Trinajstić information content (AvgIpc) is 3.33. The Balaban J connectivity index is -0.0000000336. The van der Waals surface area contributed by atoms with Gasteiger partial charge in [-0.2, -0.15) is 24.3 Å². The second-order valence-corrected chi connectivity index (χ2v) is 12.8. The number of hydrogen-bond acceptors (Lipinski definition) is 28. The SMILES string of the molecule is O.O.O=S(=O)([O-])[O-].O=S(=O)([O-])[O-].O=S(=O)([O-])[O-].O=S(=O)([O-])[O-].[Cr+3].[Cr+3].[Cr+3].[Cr+3].[H+].[H+].[H+].[H+].[OH-].[OH-].[OH-].[OH-].[c-]1cccnc1.[c-]1cccnc1.[c-]1cccnc1.[c-]1cccnc1.c1ccncc1.c1ccncc1.c1ccncc1.c1ccncc1. The van der Waals surface area contributed by atoms with Crippen molar-refractivity contribution in [2.75, 3.05) is 0 Å². The van der Waals surface area contributed by atoms with Gasteiger partial charge in [-0.15, -0.1) is 0 Å². The van der Waals surface area contributed by atoms with E-state index in [1.54, 1.807) is 99.1 Å². The van der Waals surface area contributed by atoms with Crippen LogP contribution in [-0.2, 0) is 111 Å². The summed E-state index contributed by atoms with van der Waals surface area (Å²) in [6.07, 6.45) is 27.4. The van der Waals surface area contributed by atoms with E-state index in [2.05, 4.69) is 64.1 Å². The third-order valence-corrected chi connectivity index (χ3v) is 4.32. The smallest absolute Gasteiger partial charge is 0.870 e. The molecule has 8 rings (SSSR count). The maximum atomic E-state index is 8.52. The molecule has 0 fully saturated rings. The molecule has 8 aromatic rings. The first-order valence-electron chi connectivity index (χ1n) is 17.1. The predicted octanol–water partition coefficient (Wildman–Crippen LogP) is 0.585. The van der Waals surface area contributed by atoms with Crippen molar-refractivity contribution in [3.05, 3.63) is 245 Å². The van der Waals surface area contributed by atoms with Crippen molar-refractivity contribution in [1.82, 2.24) is 39.9 Å². The van der Waals surface area contributed by atoms with Crippen LogP contribution in [-0.4, -0.2) is 143 Å². The van der Waals surface area contributed by atoms with Gasteiger partial charge in [0, 0.05) is 91.2 Å². The molecule has 0 aliphatic rings. The van der Waals surface area contributed by atoms with Gasteiger partial charge in [-0.1, -0.05) is 73.8 Å². The van der Waals surface area contributed by atoms with E-state index in [4.69, 9.17) is 70.1 Å². The number of nitrogens with zero attached hydrogens (tertiary/aromatic N) is 8. The molecule has 8 heterocycles. The molecule has 0 atom stereocenters. The Bertz CT molecular complexity index is 1910. The van der Waals surface area contributed by atoms with E-state index >= 15 is 0 Å². The van der Waals surface area contributed by atoms with Gasteiger partial charge in [0.05, 0.1) is 0 Å². The molecule has 38 heteroatoms. The second-order valence-electron chi connectivity index (χ2n) is 9.54. The maximum absolute atomic E-state index is 8.52. The van der Waals surface area contributed by atoms with Crippen LogP contribution in [0, 0.1) is 24.3 Å². The van der Waals surface area contributed by atoms with Crippen molar-refractivity contribution >= 4 is 41.6 Å². The molecule has 0 saturated heterocycles. The van der Waals surface area contributed by atoms with E-state index in [1.807, 2.05) is 121 Å². The molecule has 0 unspecified atom stereocenters. The molecular formula is C40H48Cr4N8O22S4. The van der Waals surface area contributed by atoms with E-state index in [0.29, 0.717) is 0 Å². The maximum Gasteiger partial charge on any atom is 3.00 e. The summed E-state index contributed by atoms with van der Waals surface area (Å²) in [5, 5.41) is 0. The van der Waals surface area contributed by atoms with Crippen LogP contribution in [0.25, 0.3) is 0 Å². The van der Waals surface area contributed by atoms with Crippen LogP contribution in [0.2, 0.25) is 0 Å². The summed E-state index contributed by atoms with van der Waals surface area (Å²) in [7, 11) is -20.7. The van der Waals surface area contributed by atoms with Gasteiger partial charge in [0.2, 0.25) is 0 Å². The van der Waals surface area contributed by atoms with Crippen LogP contribution < -0.4 is 0 Å². The van der Waals surface area contributed by atoms with E-state index in [0.717, 1.165) is 0 Å². The molecule has 428 valence electrons. The van der Waals surface area contributed by atoms with Crippen molar-refractivity contribution < 1.29 is 178 Å². The Kier molecular flexibility index (Phi) is 112. The Labute approximate surface area is 500 Å². The predicted molar refractivity (Wildman–Crippen MR) is 251 cm³/mol. The number of aromatic nitrogens is 8. The molecule has 78 heavy (non-hydrogen) atoms. The summed E-state index contributed by atoms with van der Waals surface area (Å²) in [4.78, 5) is 30.1. The van der Waals surface area contributed by atoms with Crippen molar-refractivity contribution in [3.8, 4) is 0 Å². The standard InChI is InChI=1S/4C5H5N.4C5H4N.4Cr.4H2O4S.6H2O/c8*1-2-4-6-5-3-1;;;;;4*1-5(2,3)4;;;;;;/h4*1-5H;4*1-2,4-5H;;;;;4*(H2,1,2,3,4);6*1H2/q;;;;4*-1;4*+3;;;;;;;;;;/p-8. The van der Waals surface area contributed by atoms with E-state index in [-0.39, 0.29) is 108 Å². The zero-order chi connectivity index (χ0) is 51.9. The molecule has 0 bridgehead atoms. The third-order valence-electron chi connectivity index (χ3n) is 4.32. The number of rotatable bonds is 0. The summed E-state index contributed by atoms with van der Waals surface area (Å²) in [6, 6.07) is 48.6. The Hall–Kier alpha value is -5.43. The molecule has 0 aromatic carbocycles. The van der Waals surface area contributed by atoms with Crippen molar-refractivity contribution in [3.63, 3.8) is 0 Å². The molecule has 0 saturated carbocycles. The summed E-state index contributed by atoms with van der Waals surface area (Å²) < 4.78 is 136. The number of pyridine rings is 8. The fraction of sp³-hybridized carbons (Fsp3) is 0. The van der Waals surface area contributed by atoms with Crippen LogP contribution >= 0.6 is 0 Å². The molecular weight excluding hydrogens is 1280 g/mol. The average molecular weight is 1330 g/mol. The Morgan fingerprint density at radius 1 is 0.244 bits per heavy atom. The minimum Gasteiger partial charge on any atom is -0.870 e. The van der Waals surface area contributed by atoms with Crippen LogP contribution in [0.5, 0.6) is 0 Å². The molecule has 8 aromatic heterocycles. The Morgan fingerprint density at radius 3 is 0.385 bits per heavy atom. The molecule has 4 radical (unpaired) electrons. The fourth-order valence-electron chi connectivity index (χ4n) is 2.36. The molecule has 0 spiro atoms. The van der Waals surface area contributed by atoms with Crippen LogP contribution in [0.3, 0.4) is 0 Å². The van der Waals surface area contributed by atoms with Crippen molar-refractivity contribution in [1.29, 1.82) is 0 Å². The first kappa shape index (κ1) is 108. The second kappa shape index (κ2) is 80.4. The normalized spacial score (nSPS) is 7.90. The first-order chi connectivity index (χ1) is 32.0. The summed E-state index contributed by atoms with van der Waals surface area (Å²) in [5.41, 5.74) is 0. The van der Waals surface area contributed by atoms with Crippen molar-refractivity contribution in [2.45, 2.75) is 0 Å². The summed E-state index contributed by atoms with van der Waals surface area (Å²) in [5.74, 6) is 0. The zero-order valence-corrected chi connectivity index (χ0v) is 47.3. The number of hydrogen-bond donors (Lipinski definition) is 0. The first-order valence-corrected chi connectivity index (χ1v) is 22.4. The van der Waals surface area contributed by atoms with Gasteiger partial charge in [0.25, 0.3) is 0 Å². The van der Waals surface area contributed by atoms with Gasteiger partial charge in [0.1, 0.15) is 0 Å².